The fraction of sp³-hybridized carbons (Fsp3) is 0.389. The Balaban J connectivity index is 1.76. The van der Waals surface area contributed by atoms with Gasteiger partial charge in [-0.2, -0.15) is 5.10 Å². The number of carbonyl (C=O) groups is 1. The van der Waals surface area contributed by atoms with Crippen LogP contribution in [0.1, 0.15) is 21.6 Å². The summed E-state index contributed by atoms with van der Waals surface area (Å²) < 4.78 is 5.89. The van der Waals surface area contributed by atoms with E-state index in [0.717, 1.165) is 5.56 Å². The van der Waals surface area contributed by atoms with Crippen LogP contribution in [0, 0.1) is 6.92 Å². The fourth-order valence-corrected chi connectivity index (χ4v) is 2.93. The lowest BCUT2D eigenvalue weighted by Crippen LogP contribution is -2.57. The molecule has 1 aromatic carbocycles. The first-order valence-corrected chi connectivity index (χ1v) is 7.99. The molecule has 1 fully saturated rings. The largest absolute Gasteiger partial charge is 0.393 e. The molecule has 6 nitrogen and oxygen atoms in total. The summed E-state index contributed by atoms with van der Waals surface area (Å²) in [5, 5.41) is 17.6. The number of morpholine rings is 1. The van der Waals surface area contributed by atoms with E-state index in [0.29, 0.717) is 31.8 Å². The number of aliphatic hydroxyl groups excluding tert-OH is 1. The van der Waals surface area contributed by atoms with Gasteiger partial charge in [-0.05, 0) is 24.6 Å². The molecule has 0 bridgehead atoms. The number of benzene rings is 1. The quantitative estimate of drug-likeness (QED) is 0.914. The zero-order chi connectivity index (χ0) is 17.0. The van der Waals surface area contributed by atoms with E-state index in [2.05, 4.69) is 10.2 Å². The molecule has 1 aromatic heterocycles. The van der Waals surface area contributed by atoms with Gasteiger partial charge in [-0.1, -0.05) is 29.8 Å². The first-order chi connectivity index (χ1) is 11.6. The van der Waals surface area contributed by atoms with Gasteiger partial charge in [-0.25, -0.2) is 0 Å². The highest BCUT2D eigenvalue weighted by Gasteiger charge is 2.38. The minimum atomic E-state index is -0.786. The molecule has 0 unspecified atom stereocenters. The number of aryl methyl sites for hydroxylation is 1. The van der Waals surface area contributed by atoms with Crippen LogP contribution in [0.2, 0.25) is 0 Å². The summed E-state index contributed by atoms with van der Waals surface area (Å²) in [4.78, 5) is 14.3. The normalized spacial score (nSPS) is 20.8. The highest BCUT2D eigenvalue weighted by atomic mass is 16.5. The van der Waals surface area contributed by atoms with Crippen LogP contribution in [0.15, 0.2) is 42.6 Å². The Morgan fingerprint density at radius 3 is 2.79 bits per heavy atom. The van der Waals surface area contributed by atoms with Crippen LogP contribution < -0.4 is 0 Å². The molecule has 1 aliphatic heterocycles. The Morgan fingerprint density at radius 1 is 1.33 bits per heavy atom. The van der Waals surface area contributed by atoms with Gasteiger partial charge in [-0.15, -0.1) is 5.10 Å². The van der Waals surface area contributed by atoms with Crippen molar-refractivity contribution >= 4 is 5.91 Å². The van der Waals surface area contributed by atoms with E-state index < -0.39 is 5.60 Å². The molecule has 2 heterocycles. The summed E-state index contributed by atoms with van der Waals surface area (Å²) in [5.41, 5.74) is 1.77. The summed E-state index contributed by atoms with van der Waals surface area (Å²) in [6.45, 7) is 3.07. The van der Waals surface area contributed by atoms with E-state index in [4.69, 9.17) is 4.74 Å². The maximum absolute atomic E-state index is 12.6. The van der Waals surface area contributed by atoms with Crippen LogP contribution in [0.3, 0.4) is 0 Å². The Bertz CT molecular complexity index is 690. The fourth-order valence-electron chi connectivity index (χ4n) is 2.93. The first kappa shape index (κ1) is 16.5. The van der Waals surface area contributed by atoms with Crippen molar-refractivity contribution in [3.63, 3.8) is 0 Å². The van der Waals surface area contributed by atoms with E-state index in [-0.39, 0.29) is 12.5 Å². The number of rotatable bonds is 4. The van der Waals surface area contributed by atoms with Crippen molar-refractivity contribution in [2.45, 2.75) is 18.9 Å². The van der Waals surface area contributed by atoms with E-state index in [1.807, 2.05) is 31.2 Å². The number of nitrogens with zero attached hydrogens (tertiary/aromatic N) is 3. The van der Waals surface area contributed by atoms with E-state index in [9.17, 15) is 9.90 Å². The molecular weight excluding hydrogens is 306 g/mol. The van der Waals surface area contributed by atoms with Gasteiger partial charge in [0.2, 0.25) is 0 Å². The van der Waals surface area contributed by atoms with Gasteiger partial charge in [0.15, 0.2) is 5.69 Å². The molecule has 126 valence electrons. The van der Waals surface area contributed by atoms with Crippen molar-refractivity contribution in [1.29, 1.82) is 0 Å². The summed E-state index contributed by atoms with van der Waals surface area (Å²) in [6.07, 6.45) is 2.08. The third-order valence-corrected chi connectivity index (χ3v) is 4.26. The third kappa shape index (κ3) is 3.60. The summed E-state index contributed by atoms with van der Waals surface area (Å²) in [5.74, 6) is -0.187. The summed E-state index contributed by atoms with van der Waals surface area (Å²) >= 11 is 0. The number of aliphatic hydroxyl groups is 1. The lowest BCUT2D eigenvalue weighted by atomic mass is 9.92. The summed E-state index contributed by atoms with van der Waals surface area (Å²) in [6, 6.07) is 11.5. The summed E-state index contributed by atoms with van der Waals surface area (Å²) in [7, 11) is 0. The van der Waals surface area contributed by atoms with E-state index in [1.165, 1.54) is 11.8 Å². The zero-order valence-electron chi connectivity index (χ0n) is 13.7. The van der Waals surface area contributed by atoms with Gasteiger partial charge in [0.05, 0.1) is 19.8 Å². The minimum Gasteiger partial charge on any atom is -0.393 e. The van der Waals surface area contributed by atoms with Gasteiger partial charge < -0.3 is 14.7 Å². The lowest BCUT2D eigenvalue weighted by Gasteiger charge is -2.41. The predicted octanol–water partition coefficient (Wildman–Crippen LogP) is 1.23. The molecule has 1 atom stereocenters. The Labute approximate surface area is 141 Å². The van der Waals surface area contributed by atoms with Crippen LogP contribution in [-0.2, 0) is 11.2 Å². The molecular formula is C18H21N3O3. The minimum absolute atomic E-state index is 0.148. The number of aromatic nitrogens is 2. The van der Waals surface area contributed by atoms with E-state index >= 15 is 0 Å². The molecule has 6 heteroatoms. The molecule has 1 N–H and O–H groups in total. The number of hydrogen-bond donors (Lipinski definition) is 1. The standard InChI is InChI=1S/C18H21N3O3/c1-14-4-6-15(7-5-14)11-18(13-22)12-21(9-10-24-18)17(23)16-3-2-8-19-20-16/h2-8,22H,9-13H2,1H3/t18-/m1/s1. The molecule has 0 radical (unpaired) electrons. The molecule has 0 aliphatic carbocycles. The second-order valence-electron chi connectivity index (χ2n) is 6.19. The van der Waals surface area contributed by atoms with Gasteiger partial charge in [0.25, 0.3) is 5.91 Å². The zero-order valence-corrected chi connectivity index (χ0v) is 13.7. The van der Waals surface area contributed by atoms with Crippen molar-refractivity contribution in [3.8, 4) is 0 Å². The molecule has 24 heavy (non-hydrogen) atoms. The molecule has 3 rings (SSSR count). The monoisotopic (exact) mass is 327 g/mol. The van der Waals surface area contributed by atoms with Crippen LogP contribution in [0.25, 0.3) is 0 Å². The van der Waals surface area contributed by atoms with Crippen molar-refractivity contribution in [2.75, 3.05) is 26.3 Å². The maximum atomic E-state index is 12.6. The number of amides is 1. The Hall–Kier alpha value is -2.31. The van der Waals surface area contributed by atoms with Gasteiger partial charge >= 0.3 is 0 Å². The predicted molar refractivity (Wildman–Crippen MR) is 88.6 cm³/mol. The highest BCUT2D eigenvalue weighted by Crippen LogP contribution is 2.24. The molecule has 0 spiro atoms. The Kier molecular flexibility index (Phi) is 4.87. The first-order valence-electron chi connectivity index (χ1n) is 7.99. The van der Waals surface area contributed by atoms with Gasteiger partial charge in [-0.3, -0.25) is 4.79 Å². The van der Waals surface area contributed by atoms with Crippen LogP contribution >= 0.6 is 0 Å². The van der Waals surface area contributed by atoms with Gasteiger partial charge in [0.1, 0.15) is 5.60 Å². The SMILES string of the molecule is Cc1ccc(C[C@]2(CO)CN(C(=O)c3cccnn3)CCO2)cc1. The number of hydrogen-bond acceptors (Lipinski definition) is 5. The van der Waals surface area contributed by atoms with Crippen molar-refractivity contribution in [2.24, 2.45) is 0 Å². The second-order valence-corrected chi connectivity index (χ2v) is 6.19. The third-order valence-electron chi connectivity index (χ3n) is 4.26. The molecule has 0 saturated carbocycles. The van der Waals surface area contributed by atoms with E-state index in [1.54, 1.807) is 17.0 Å². The topological polar surface area (TPSA) is 75.5 Å². The smallest absolute Gasteiger partial charge is 0.274 e. The van der Waals surface area contributed by atoms with Crippen LogP contribution in [0.4, 0.5) is 0 Å². The van der Waals surface area contributed by atoms with Crippen molar-refractivity contribution in [1.82, 2.24) is 15.1 Å². The molecule has 1 amide bonds. The molecule has 1 aliphatic rings. The average molecular weight is 327 g/mol. The molecule has 1 saturated heterocycles. The molecule has 2 aromatic rings. The van der Waals surface area contributed by atoms with Crippen LogP contribution in [-0.4, -0.2) is 58.0 Å². The maximum Gasteiger partial charge on any atom is 0.274 e. The van der Waals surface area contributed by atoms with Gasteiger partial charge in [0, 0.05) is 19.2 Å². The van der Waals surface area contributed by atoms with Crippen molar-refractivity contribution in [3.05, 3.63) is 59.4 Å². The van der Waals surface area contributed by atoms with Crippen LogP contribution in [0.5, 0.6) is 0 Å². The highest BCUT2D eigenvalue weighted by molar-refractivity contribution is 5.92. The number of ether oxygens (including phenoxy) is 1. The second kappa shape index (κ2) is 7.07. The number of carbonyl (C=O) groups excluding carboxylic acids is 1. The Morgan fingerprint density at radius 2 is 2.12 bits per heavy atom. The van der Waals surface area contributed by atoms with Crippen molar-refractivity contribution < 1.29 is 14.6 Å². The lowest BCUT2D eigenvalue weighted by molar-refractivity contribution is -0.123. The average Bonchev–Trinajstić information content (AvgIpc) is 2.64.